The van der Waals surface area contributed by atoms with Crippen molar-refractivity contribution in [3.8, 4) is 5.75 Å². The van der Waals surface area contributed by atoms with E-state index in [2.05, 4.69) is 0 Å². The lowest BCUT2D eigenvalue weighted by atomic mass is 10.2. The summed E-state index contributed by atoms with van der Waals surface area (Å²) in [7, 11) is 0. The molecule has 3 aromatic carbocycles. The van der Waals surface area contributed by atoms with Crippen LogP contribution in [0.5, 0.6) is 5.75 Å². The van der Waals surface area contributed by atoms with Gasteiger partial charge < -0.3 is 9.84 Å². The SMILES string of the molecule is O=C(O)c1cccc(N2OOC(c3ccccc3OCc3ccccc3)O2)c1. The van der Waals surface area contributed by atoms with Crippen molar-refractivity contribution in [2.24, 2.45) is 0 Å². The molecule has 1 atom stereocenters. The minimum Gasteiger partial charge on any atom is -0.488 e. The Morgan fingerprint density at radius 3 is 2.61 bits per heavy atom. The van der Waals surface area contributed by atoms with Gasteiger partial charge in [0.2, 0.25) is 0 Å². The molecule has 1 fully saturated rings. The van der Waals surface area contributed by atoms with Gasteiger partial charge in [0.15, 0.2) is 0 Å². The number of para-hydroxylation sites is 1. The second-order valence-corrected chi connectivity index (χ2v) is 6.03. The van der Waals surface area contributed by atoms with Crippen LogP contribution in [0.15, 0.2) is 78.9 Å². The van der Waals surface area contributed by atoms with Crippen molar-refractivity contribution < 1.29 is 29.4 Å². The number of carboxylic acids is 1. The van der Waals surface area contributed by atoms with E-state index in [1.807, 2.05) is 54.6 Å². The van der Waals surface area contributed by atoms with Gasteiger partial charge in [0.05, 0.1) is 16.8 Å². The van der Waals surface area contributed by atoms with Gasteiger partial charge in [-0.15, -0.1) is 0 Å². The first-order valence-corrected chi connectivity index (χ1v) is 8.60. The third-order valence-corrected chi connectivity index (χ3v) is 4.10. The van der Waals surface area contributed by atoms with Crippen molar-refractivity contribution in [2.75, 3.05) is 5.23 Å². The van der Waals surface area contributed by atoms with Gasteiger partial charge >= 0.3 is 5.97 Å². The molecule has 1 heterocycles. The first-order valence-electron chi connectivity index (χ1n) is 8.60. The highest BCUT2D eigenvalue weighted by atomic mass is 17.4. The zero-order chi connectivity index (χ0) is 19.3. The van der Waals surface area contributed by atoms with Gasteiger partial charge in [-0.05, 0) is 29.8 Å². The molecule has 1 saturated heterocycles. The average Bonchev–Trinajstić information content (AvgIpc) is 3.23. The number of rotatable bonds is 6. The number of carboxylic acid groups (broad SMARTS) is 1. The Labute approximate surface area is 161 Å². The van der Waals surface area contributed by atoms with Crippen LogP contribution in [-0.4, -0.2) is 11.1 Å². The Hall–Kier alpha value is -3.39. The predicted molar refractivity (Wildman–Crippen MR) is 99.1 cm³/mol. The number of hydrogen-bond acceptors (Lipinski definition) is 6. The molecule has 0 aliphatic carbocycles. The summed E-state index contributed by atoms with van der Waals surface area (Å²) in [6.45, 7) is 0.399. The van der Waals surface area contributed by atoms with E-state index in [0.717, 1.165) is 10.8 Å². The van der Waals surface area contributed by atoms with Crippen LogP contribution in [0.1, 0.15) is 27.8 Å². The van der Waals surface area contributed by atoms with Crippen LogP contribution >= 0.6 is 0 Å². The summed E-state index contributed by atoms with van der Waals surface area (Å²) in [5.74, 6) is -0.445. The summed E-state index contributed by atoms with van der Waals surface area (Å²) in [6.07, 6.45) is -0.861. The van der Waals surface area contributed by atoms with Crippen molar-refractivity contribution in [1.82, 2.24) is 0 Å². The van der Waals surface area contributed by atoms with Crippen molar-refractivity contribution in [3.63, 3.8) is 0 Å². The molecule has 0 amide bonds. The van der Waals surface area contributed by atoms with E-state index in [9.17, 15) is 4.79 Å². The number of ether oxygens (including phenoxy) is 1. The molecule has 0 spiro atoms. The quantitative estimate of drug-likeness (QED) is 0.641. The molecule has 1 N–H and O–H groups in total. The molecular formula is C21H17NO6. The standard InChI is InChI=1S/C21H17NO6/c23-20(24)16-9-6-10-17(13-16)22-26-21(27-28-22)18-11-4-5-12-19(18)25-14-15-7-2-1-3-8-15/h1-13,21H,14H2,(H,23,24). The van der Waals surface area contributed by atoms with Gasteiger partial charge in [-0.1, -0.05) is 64.8 Å². The third-order valence-electron chi connectivity index (χ3n) is 4.10. The lowest BCUT2D eigenvalue weighted by Gasteiger charge is -2.15. The van der Waals surface area contributed by atoms with E-state index >= 15 is 0 Å². The lowest BCUT2D eigenvalue weighted by Crippen LogP contribution is -2.15. The first-order chi connectivity index (χ1) is 13.7. The molecule has 0 aromatic heterocycles. The summed E-state index contributed by atoms with van der Waals surface area (Å²) in [5.41, 5.74) is 2.19. The van der Waals surface area contributed by atoms with E-state index in [1.165, 1.54) is 12.1 Å². The molecule has 0 bridgehead atoms. The average molecular weight is 379 g/mol. The largest absolute Gasteiger partial charge is 0.488 e. The molecule has 4 rings (SSSR count). The number of carbonyl (C=O) groups is 1. The fraction of sp³-hybridized carbons (Fsp3) is 0.0952. The number of aromatic carboxylic acids is 1. The van der Waals surface area contributed by atoms with Crippen LogP contribution < -0.4 is 9.96 Å². The number of nitrogens with zero attached hydrogens (tertiary/aromatic N) is 1. The van der Waals surface area contributed by atoms with E-state index in [4.69, 9.17) is 24.6 Å². The Kier molecular flexibility index (Phi) is 5.20. The summed E-state index contributed by atoms with van der Waals surface area (Å²) < 4.78 is 5.92. The molecule has 0 radical (unpaired) electrons. The highest BCUT2D eigenvalue weighted by Crippen LogP contribution is 2.36. The van der Waals surface area contributed by atoms with E-state index in [0.29, 0.717) is 23.6 Å². The third kappa shape index (κ3) is 3.96. The van der Waals surface area contributed by atoms with Crippen molar-refractivity contribution in [1.29, 1.82) is 0 Å². The second kappa shape index (κ2) is 8.10. The van der Waals surface area contributed by atoms with Crippen LogP contribution in [-0.2, 0) is 21.3 Å². The lowest BCUT2D eigenvalue weighted by molar-refractivity contribution is -0.286. The van der Waals surface area contributed by atoms with Gasteiger partial charge in [-0.2, -0.15) is 4.89 Å². The topological polar surface area (TPSA) is 77.5 Å². The van der Waals surface area contributed by atoms with Crippen LogP contribution in [0.3, 0.4) is 0 Å². The summed E-state index contributed by atoms with van der Waals surface area (Å²) in [4.78, 5) is 27.2. The van der Waals surface area contributed by atoms with Crippen LogP contribution in [0.4, 0.5) is 5.69 Å². The normalized spacial score (nSPS) is 16.1. The van der Waals surface area contributed by atoms with Gasteiger partial charge in [0.1, 0.15) is 12.4 Å². The molecule has 3 aromatic rings. The first kappa shape index (κ1) is 18.0. The maximum absolute atomic E-state index is 11.1. The molecule has 7 nitrogen and oxygen atoms in total. The predicted octanol–water partition coefficient (Wildman–Crippen LogP) is 4.28. The van der Waals surface area contributed by atoms with Gasteiger partial charge in [-0.25, -0.2) is 9.63 Å². The zero-order valence-electron chi connectivity index (χ0n) is 14.7. The Morgan fingerprint density at radius 1 is 1.00 bits per heavy atom. The molecule has 0 saturated carbocycles. The van der Waals surface area contributed by atoms with E-state index in [1.54, 1.807) is 12.1 Å². The van der Waals surface area contributed by atoms with Crippen molar-refractivity contribution >= 4 is 11.7 Å². The summed E-state index contributed by atoms with van der Waals surface area (Å²) >= 11 is 0. The Balaban J connectivity index is 1.48. The molecule has 28 heavy (non-hydrogen) atoms. The number of hydrogen-bond donors (Lipinski definition) is 1. The smallest absolute Gasteiger partial charge is 0.335 e. The van der Waals surface area contributed by atoms with Crippen LogP contribution in [0, 0.1) is 0 Å². The summed E-state index contributed by atoms with van der Waals surface area (Å²) in [6, 6.07) is 23.3. The van der Waals surface area contributed by atoms with E-state index < -0.39 is 12.3 Å². The van der Waals surface area contributed by atoms with Gasteiger partial charge in [-0.3, -0.25) is 0 Å². The molecular weight excluding hydrogens is 362 g/mol. The number of anilines is 1. The maximum Gasteiger partial charge on any atom is 0.335 e. The van der Waals surface area contributed by atoms with Gasteiger partial charge in [0.25, 0.3) is 6.29 Å². The number of benzene rings is 3. The zero-order valence-corrected chi connectivity index (χ0v) is 14.7. The second-order valence-electron chi connectivity index (χ2n) is 6.03. The minimum absolute atomic E-state index is 0.111. The van der Waals surface area contributed by atoms with Crippen molar-refractivity contribution in [3.05, 3.63) is 95.6 Å². The monoisotopic (exact) mass is 379 g/mol. The highest BCUT2D eigenvalue weighted by molar-refractivity contribution is 5.88. The minimum atomic E-state index is -1.04. The molecule has 7 heteroatoms. The molecule has 142 valence electrons. The van der Waals surface area contributed by atoms with Crippen LogP contribution in [0.2, 0.25) is 0 Å². The molecule has 1 unspecified atom stereocenters. The van der Waals surface area contributed by atoms with Gasteiger partial charge in [0, 0.05) is 0 Å². The fourth-order valence-corrected chi connectivity index (χ4v) is 2.71. The Morgan fingerprint density at radius 2 is 1.79 bits per heavy atom. The summed E-state index contributed by atoms with van der Waals surface area (Å²) in [5, 5.41) is 10.2. The van der Waals surface area contributed by atoms with Crippen LogP contribution in [0.25, 0.3) is 0 Å². The Bertz CT molecular complexity index is 962. The highest BCUT2D eigenvalue weighted by Gasteiger charge is 2.31. The fourth-order valence-electron chi connectivity index (χ4n) is 2.71. The maximum atomic E-state index is 11.1. The van der Waals surface area contributed by atoms with E-state index in [-0.39, 0.29) is 5.56 Å². The molecule has 1 aliphatic heterocycles. The molecule has 1 aliphatic rings. The van der Waals surface area contributed by atoms with Crippen molar-refractivity contribution in [2.45, 2.75) is 12.9 Å².